The van der Waals surface area contributed by atoms with Crippen LogP contribution in [0.4, 0.5) is 4.39 Å². The molecule has 0 bridgehead atoms. The number of nitrogens with zero attached hydrogens (tertiary/aromatic N) is 1. The second kappa shape index (κ2) is 8.93. The molecule has 0 fully saturated rings. The van der Waals surface area contributed by atoms with Crippen LogP contribution in [0.1, 0.15) is 32.3 Å². The fourth-order valence-electron chi connectivity index (χ4n) is 2.29. The molecule has 0 aliphatic carbocycles. The molecule has 0 radical (unpaired) electrons. The molecule has 3 nitrogen and oxygen atoms in total. The van der Waals surface area contributed by atoms with E-state index in [1.165, 1.54) is 6.07 Å². The van der Waals surface area contributed by atoms with Gasteiger partial charge in [0.25, 0.3) is 0 Å². The molecule has 0 aliphatic heterocycles. The molecular formula is C16H27FN2O. The van der Waals surface area contributed by atoms with Gasteiger partial charge in [0.15, 0.2) is 0 Å². The molecule has 0 aromatic heterocycles. The highest BCUT2D eigenvalue weighted by atomic mass is 19.1. The minimum absolute atomic E-state index is 0.208. The predicted molar refractivity (Wildman–Crippen MR) is 81.7 cm³/mol. The Bertz CT molecular complexity index is 396. The molecule has 2 N–H and O–H groups in total. The maximum Gasteiger partial charge on any atom is 0.123 e. The van der Waals surface area contributed by atoms with Crippen LogP contribution in [0.5, 0.6) is 5.75 Å². The van der Waals surface area contributed by atoms with Crippen LogP contribution < -0.4 is 10.5 Å². The summed E-state index contributed by atoms with van der Waals surface area (Å²) in [6.07, 6.45) is 2.95. The van der Waals surface area contributed by atoms with E-state index in [0.717, 1.165) is 50.2 Å². The number of hydrogen-bond acceptors (Lipinski definition) is 3. The Kier molecular flexibility index (Phi) is 7.55. The van der Waals surface area contributed by atoms with Crippen molar-refractivity contribution in [3.8, 4) is 5.75 Å². The summed E-state index contributed by atoms with van der Waals surface area (Å²) in [4.78, 5) is 2.40. The summed E-state index contributed by atoms with van der Waals surface area (Å²) >= 11 is 0. The van der Waals surface area contributed by atoms with Crippen molar-refractivity contribution in [2.24, 2.45) is 5.73 Å². The summed E-state index contributed by atoms with van der Waals surface area (Å²) in [7, 11) is 1.62. The number of nitrogens with two attached hydrogens (primary N) is 1. The molecule has 0 spiro atoms. The normalized spacial score (nSPS) is 11.3. The summed E-state index contributed by atoms with van der Waals surface area (Å²) in [5, 5.41) is 0. The minimum atomic E-state index is -0.208. The Balaban J connectivity index is 2.60. The quantitative estimate of drug-likeness (QED) is 0.708. The van der Waals surface area contributed by atoms with E-state index in [4.69, 9.17) is 10.5 Å². The van der Waals surface area contributed by atoms with Gasteiger partial charge in [-0.05, 0) is 70.0 Å². The van der Waals surface area contributed by atoms with E-state index >= 15 is 0 Å². The van der Waals surface area contributed by atoms with Crippen molar-refractivity contribution in [2.45, 2.75) is 39.2 Å². The van der Waals surface area contributed by atoms with Crippen LogP contribution in [0.3, 0.4) is 0 Å². The van der Waals surface area contributed by atoms with Crippen molar-refractivity contribution in [1.82, 2.24) is 4.90 Å². The van der Waals surface area contributed by atoms with Crippen LogP contribution in [0.25, 0.3) is 0 Å². The van der Waals surface area contributed by atoms with Gasteiger partial charge in [0.05, 0.1) is 7.11 Å². The third-order valence-electron chi connectivity index (χ3n) is 3.54. The number of halogens is 1. The van der Waals surface area contributed by atoms with Crippen LogP contribution in [-0.4, -0.2) is 37.7 Å². The Hall–Kier alpha value is -1.13. The molecule has 0 atom stereocenters. The van der Waals surface area contributed by atoms with Crippen LogP contribution in [0, 0.1) is 5.82 Å². The first kappa shape index (κ1) is 16.9. The van der Waals surface area contributed by atoms with Gasteiger partial charge in [0, 0.05) is 12.6 Å². The summed E-state index contributed by atoms with van der Waals surface area (Å²) < 4.78 is 18.6. The fraction of sp³-hybridized carbons (Fsp3) is 0.625. The van der Waals surface area contributed by atoms with Crippen molar-refractivity contribution < 1.29 is 9.13 Å². The monoisotopic (exact) mass is 282 g/mol. The molecule has 1 aromatic rings. The zero-order valence-electron chi connectivity index (χ0n) is 12.9. The zero-order valence-corrected chi connectivity index (χ0v) is 12.9. The number of ether oxygens (including phenoxy) is 1. The molecule has 0 amide bonds. The summed E-state index contributed by atoms with van der Waals surface area (Å²) in [5.41, 5.74) is 6.46. The molecule has 0 aliphatic rings. The standard InChI is InChI=1S/C16H27FN2O/c1-13(2)19(10-5-4-9-18)11-8-14-12-15(17)6-7-16(14)20-3/h6-7,12-13H,4-5,8-11,18H2,1-3H3. The summed E-state index contributed by atoms with van der Waals surface area (Å²) in [6.45, 7) is 7.05. The third kappa shape index (κ3) is 5.47. The maximum atomic E-state index is 13.3. The molecule has 0 unspecified atom stereocenters. The van der Waals surface area contributed by atoms with Gasteiger partial charge in [0.2, 0.25) is 0 Å². The number of unbranched alkanes of at least 4 members (excludes halogenated alkanes) is 1. The zero-order chi connectivity index (χ0) is 15.0. The number of methoxy groups -OCH3 is 1. The van der Waals surface area contributed by atoms with Crippen molar-refractivity contribution >= 4 is 0 Å². The molecule has 4 heteroatoms. The smallest absolute Gasteiger partial charge is 0.123 e. The Morgan fingerprint density at radius 1 is 1.25 bits per heavy atom. The molecule has 0 saturated heterocycles. The summed E-state index contributed by atoms with van der Waals surface area (Å²) in [6, 6.07) is 5.17. The van der Waals surface area contributed by atoms with Gasteiger partial charge >= 0.3 is 0 Å². The van der Waals surface area contributed by atoms with E-state index in [1.54, 1.807) is 19.2 Å². The van der Waals surface area contributed by atoms with Crippen LogP contribution in [0.2, 0.25) is 0 Å². The van der Waals surface area contributed by atoms with Crippen molar-refractivity contribution in [1.29, 1.82) is 0 Å². The first-order valence-electron chi connectivity index (χ1n) is 7.35. The van der Waals surface area contributed by atoms with E-state index in [1.807, 2.05) is 0 Å². The molecule has 1 rings (SSSR count). The Morgan fingerprint density at radius 2 is 2.00 bits per heavy atom. The Labute approximate surface area is 121 Å². The van der Waals surface area contributed by atoms with Gasteiger partial charge in [-0.15, -0.1) is 0 Å². The number of hydrogen-bond donors (Lipinski definition) is 1. The number of rotatable bonds is 9. The molecular weight excluding hydrogens is 255 g/mol. The van der Waals surface area contributed by atoms with E-state index in [-0.39, 0.29) is 5.82 Å². The van der Waals surface area contributed by atoms with Gasteiger partial charge in [-0.2, -0.15) is 0 Å². The molecule has 20 heavy (non-hydrogen) atoms. The largest absolute Gasteiger partial charge is 0.496 e. The predicted octanol–water partition coefficient (Wildman–Crippen LogP) is 2.83. The molecule has 1 aromatic carbocycles. The molecule has 0 saturated carbocycles. The second-order valence-electron chi connectivity index (χ2n) is 5.33. The molecule has 114 valence electrons. The van der Waals surface area contributed by atoms with Gasteiger partial charge in [-0.1, -0.05) is 0 Å². The molecule has 0 heterocycles. The maximum absolute atomic E-state index is 13.3. The van der Waals surface area contributed by atoms with E-state index in [2.05, 4.69) is 18.7 Å². The van der Waals surface area contributed by atoms with Crippen LogP contribution in [0.15, 0.2) is 18.2 Å². The van der Waals surface area contributed by atoms with Crippen molar-refractivity contribution in [2.75, 3.05) is 26.7 Å². The van der Waals surface area contributed by atoms with Crippen LogP contribution >= 0.6 is 0 Å². The highest BCUT2D eigenvalue weighted by Gasteiger charge is 2.11. The van der Waals surface area contributed by atoms with Gasteiger partial charge in [0.1, 0.15) is 11.6 Å². The van der Waals surface area contributed by atoms with Gasteiger partial charge < -0.3 is 15.4 Å². The lowest BCUT2D eigenvalue weighted by molar-refractivity contribution is 0.219. The lowest BCUT2D eigenvalue weighted by Crippen LogP contribution is -2.34. The van der Waals surface area contributed by atoms with E-state index < -0.39 is 0 Å². The lowest BCUT2D eigenvalue weighted by atomic mass is 10.1. The average Bonchev–Trinajstić information content (AvgIpc) is 2.42. The first-order chi connectivity index (χ1) is 9.58. The fourth-order valence-corrected chi connectivity index (χ4v) is 2.29. The topological polar surface area (TPSA) is 38.5 Å². The first-order valence-corrected chi connectivity index (χ1v) is 7.35. The lowest BCUT2D eigenvalue weighted by Gasteiger charge is -2.26. The average molecular weight is 282 g/mol. The SMILES string of the molecule is COc1ccc(F)cc1CCN(CCCCN)C(C)C. The van der Waals surface area contributed by atoms with Crippen LogP contribution in [-0.2, 0) is 6.42 Å². The van der Waals surface area contributed by atoms with Gasteiger partial charge in [-0.3, -0.25) is 0 Å². The highest BCUT2D eigenvalue weighted by molar-refractivity contribution is 5.34. The second-order valence-corrected chi connectivity index (χ2v) is 5.33. The number of benzene rings is 1. The van der Waals surface area contributed by atoms with E-state index in [9.17, 15) is 4.39 Å². The van der Waals surface area contributed by atoms with Gasteiger partial charge in [-0.25, -0.2) is 4.39 Å². The minimum Gasteiger partial charge on any atom is -0.496 e. The third-order valence-corrected chi connectivity index (χ3v) is 3.54. The van der Waals surface area contributed by atoms with Crippen molar-refractivity contribution in [3.63, 3.8) is 0 Å². The highest BCUT2D eigenvalue weighted by Crippen LogP contribution is 2.20. The Morgan fingerprint density at radius 3 is 2.60 bits per heavy atom. The van der Waals surface area contributed by atoms with Crippen molar-refractivity contribution in [3.05, 3.63) is 29.6 Å². The summed E-state index contributed by atoms with van der Waals surface area (Å²) in [5.74, 6) is 0.553. The van der Waals surface area contributed by atoms with E-state index in [0.29, 0.717) is 6.04 Å².